The molecule has 6 nitrogen and oxygen atoms in total. The highest BCUT2D eigenvalue weighted by molar-refractivity contribution is 7.13. The van der Waals surface area contributed by atoms with E-state index < -0.39 is 0 Å². The summed E-state index contributed by atoms with van der Waals surface area (Å²) >= 11 is 7.36. The molecule has 1 aromatic carbocycles. The zero-order valence-electron chi connectivity index (χ0n) is 10.7. The number of rotatable bonds is 4. The number of aromatic nitrogens is 4. The highest BCUT2D eigenvalue weighted by atomic mass is 35.5. The molecule has 2 aromatic heterocycles. The fourth-order valence-corrected chi connectivity index (χ4v) is 2.40. The SMILES string of the molecule is O=C(Nc1nncs1)c1cnn(Cc2ccccc2Cl)c1. The molecule has 8 heteroatoms. The summed E-state index contributed by atoms with van der Waals surface area (Å²) in [6.07, 6.45) is 3.17. The Hall–Kier alpha value is -2.25. The predicted molar refractivity (Wildman–Crippen MR) is 80.6 cm³/mol. The summed E-state index contributed by atoms with van der Waals surface area (Å²) in [5.41, 5.74) is 2.95. The van der Waals surface area contributed by atoms with Gasteiger partial charge in [-0.1, -0.05) is 41.1 Å². The van der Waals surface area contributed by atoms with Gasteiger partial charge in [0, 0.05) is 11.2 Å². The average molecular weight is 320 g/mol. The second kappa shape index (κ2) is 6.02. The first-order valence-electron chi connectivity index (χ1n) is 6.06. The van der Waals surface area contributed by atoms with Gasteiger partial charge < -0.3 is 0 Å². The summed E-state index contributed by atoms with van der Waals surface area (Å²) in [7, 11) is 0. The number of carbonyl (C=O) groups is 1. The molecule has 3 aromatic rings. The smallest absolute Gasteiger partial charge is 0.260 e. The summed E-state index contributed by atoms with van der Waals surface area (Å²) in [6, 6.07) is 7.53. The summed E-state index contributed by atoms with van der Waals surface area (Å²) in [5.74, 6) is -0.267. The Morgan fingerprint density at radius 3 is 3.00 bits per heavy atom. The molecule has 0 aliphatic rings. The first-order chi connectivity index (χ1) is 10.2. The molecule has 106 valence electrons. The molecule has 0 fully saturated rings. The zero-order valence-corrected chi connectivity index (χ0v) is 12.3. The van der Waals surface area contributed by atoms with Crippen LogP contribution in [0.2, 0.25) is 5.02 Å². The molecule has 0 unspecified atom stereocenters. The van der Waals surface area contributed by atoms with Crippen LogP contribution in [0.15, 0.2) is 42.2 Å². The van der Waals surface area contributed by atoms with Crippen LogP contribution in [0.25, 0.3) is 0 Å². The molecule has 0 aliphatic carbocycles. The van der Waals surface area contributed by atoms with Crippen LogP contribution < -0.4 is 5.32 Å². The summed E-state index contributed by atoms with van der Waals surface area (Å²) < 4.78 is 1.66. The normalized spacial score (nSPS) is 10.5. The van der Waals surface area contributed by atoms with Gasteiger partial charge in [0.25, 0.3) is 5.91 Å². The van der Waals surface area contributed by atoms with Gasteiger partial charge in [0.05, 0.1) is 18.3 Å². The number of amides is 1. The molecule has 3 rings (SSSR count). The lowest BCUT2D eigenvalue weighted by Crippen LogP contribution is -2.11. The van der Waals surface area contributed by atoms with Crippen LogP contribution in [-0.4, -0.2) is 25.9 Å². The maximum atomic E-state index is 12.0. The number of anilines is 1. The first kappa shape index (κ1) is 13.7. The summed E-state index contributed by atoms with van der Waals surface area (Å²) in [5, 5.41) is 15.4. The minimum atomic E-state index is -0.267. The van der Waals surface area contributed by atoms with E-state index in [1.54, 1.807) is 16.4 Å². The molecule has 0 atom stereocenters. The molecular weight excluding hydrogens is 310 g/mol. The van der Waals surface area contributed by atoms with E-state index in [9.17, 15) is 4.79 Å². The average Bonchev–Trinajstić information content (AvgIpc) is 3.13. The molecule has 0 saturated heterocycles. The minimum absolute atomic E-state index is 0.267. The molecule has 0 aliphatic heterocycles. The largest absolute Gasteiger partial charge is 0.296 e. The van der Waals surface area contributed by atoms with Crippen LogP contribution in [0.3, 0.4) is 0 Å². The molecule has 0 spiro atoms. The van der Waals surface area contributed by atoms with Gasteiger partial charge in [-0.05, 0) is 11.6 Å². The lowest BCUT2D eigenvalue weighted by atomic mass is 10.2. The summed E-state index contributed by atoms with van der Waals surface area (Å²) in [4.78, 5) is 12.0. The Kier molecular flexibility index (Phi) is 3.94. The van der Waals surface area contributed by atoms with Crippen molar-refractivity contribution in [2.75, 3.05) is 5.32 Å². The maximum absolute atomic E-state index is 12.0. The predicted octanol–water partition coefficient (Wildman–Crippen LogP) is 2.69. The molecule has 0 saturated carbocycles. The number of nitrogens with one attached hydrogen (secondary N) is 1. The highest BCUT2D eigenvalue weighted by Gasteiger charge is 2.11. The Balaban J connectivity index is 1.71. The number of halogens is 1. The second-order valence-corrected chi connectivity index (χ2v) is 5.46. The van der Waals surface area contributed by atoms with E-state index in [0.717, 1.165) is 5.56 Å². The van der Waals surface area contributed by atoms with E-state index in [4.69, 9.17) is 11.6 Å². The zero-order chi connectivity index (χ0) is 14.7. The first-order valence-corrected chi connectivity index (χ1v) is 7.31. The van der Waals surface area contributed by atoms with Crippen LogP contribution >= 0.6 is 22.9 Å². The van der Waals surface area contributed by atoms with Crippen LogP contribution in [0.1, 0.15) is 15.9 Å². The van der Waals surface area contributed by atoms with Crippen LogP contribution in [0, 0.1) is 0 Å². The fourth-order valence-electron chi connectivity index (χ4n) is 1.77. The van der Waals surface area contributed by atoms with Crippen molar-refractivity contribution in [2.24, 2.45) is 0 Å². The minimum Gasteiger partial charge on any atom is -0.296 e. The Bertz CT molecular complexity index is 756. The lowest BCUT2D eigenvalue weighted by Gasteiger charge is -2.03. The van der Waals surface area contributed by atoms with Gasteiger partial charge in [-0.25, -0.2) is 0 Å². The Morgan fingerprint density at radius 1 is 1.38 bits per heavy atom. The van der Waals surface area contributed by atoms with E-state index in [1.165, 1.54) is 17.5 Å². The molecule has 2 heterocycles. The van der Waals surface area contributed by atoms with Crippen molar-refractivity contribution in [3.63, 3.8) is 0 Å². The number of carbonyl (C=O) groups excluding carboxylic acids is 1. The molecule has 21 heavy (non-hydrogen) atoms. The van der Waals surface area contributed by atoms with E-state index in [0.29, 0.717) is 22.3 Å². The maximum Gasteiger partial charge on any atom is 0.260 e. The molecule has 0 radical (unpaired) electrons. The fraction of sp³-hybridized carbons (Fsp3) is 0.0769. The van der Waals surface area contributed by atoms with Gasteiger partial charge in [0.2, 0.25) is 5.13 Å². The van der Waals surface area contributed by atoms with E-state index in [-0.39, 0.29) is 5.91 Å². The van der Waals surface area contributed by atoms with Gasteiger partial charge in [0.15, 0.2) is 0 Å². The van der Waals surface area contributed by atoms with Crippen molar-refractivity contribution in [1.29, 1.82) is 0 Å². The number of hydrogen-bond acceptors (Lipinski definition) is 5. The standard InChI is InChI=1S/C13H10ClN5OS/c14-11-4-2-1-3-9(11)6-19-7-10(5-16-19)12(20)17-13-18-15-8-21-13/h1-5,7-8H,6H2,(H,17,18,20). The second-order valence-electron chi connectivity index (χ2n) is 4.22. The quantitative estimate of drug-likeness (QED) is 0.802. The van der Waals surface area contributed by atoms with Crippen molar-refractivity contribution in [2.45, 2.75) is 6.54 Å². The Morgan fingerprint density at radius 2 is 2.24 bits per heavy atom. The van der Waals surface area contributed by atoms with E-state index in [2.05, 4.69) is 20.6 Å². The van der Waals surface area contributed by atoms with Crippen LogP contribution in [-0.2, 0) is 6.54 Å². The molecule has 1 amide bonds. The van der Waals surface area contributed by atoms with Crippen molar-refractivity contribution in [3.05, 3.63) is 58.3 Å². The third kappa shape index (κ3) is 3.26. The molecule has 1 N–H and O–H groups in total. The topological polar surface area (TPSA) is 72.7 Å². The van der Waals surface area contributed by atoms with Gasteiger partial charge in [0.1, 0.15) is 5.51 Å². The van der Waals surface area contributed by atoms with Crippen molar-refractivity contribution in [3.8, 4) is 0 Å². The van der Waals surface area contributed by atoms with Crippen LogP contribution in [0.4, 0.5) is 5.13 Å². The van der Waals surface area contributed by atoms with Gasteiger partial charge in [-0.15, -0.1) is 10.2 Å². The van der Waals surface area contributed by atoms with E-state index >= 15 is 0 Å². The van der Waals surface area contributed by atoms with E-state index in [1.807, 2.05) is 24.3 Å². The van der Waals surface area contributed by atoms with Gasteiger partial charge in [-0.3, -0.25) is 14.8 Å². The number of hydrogen-bond donors (Lipinski definition) is 1. The third-order valence-corrected chi connectivity index (χ3v) is 3.74. The third-order valence-electron chi connectivity index (χ3n) is 2.77. The van der Waals surface area contributed by atoms with Crippen molar-refractivity contribution >= 4 is 34.0 Å². The van der Waals surface area contributed by atoms with Crippen LogP contribution in [0.5, 0.6) is 0 Å². The van der Waals surface area contributed by atoms with Crippen molar-refractivity contribution in [1.82, 2.24) is 20.0 Å². The molecular formula is C13H10ClN5OS. The monoisotopic (exact) mass is 319 g/mol. The van der Waals surface area contributed by atoms with Gasteiger partial charge >= 0.3 is 0 Å². The van der Waals surface area contributed by atoms with Gasteiger partial charge in [-0.2, -0.15) is 5.10 Å². The molecule has 0 bridgehead atoms. The summed E-state index contributed by atoms with van der Waals surface area (Å²) in [6.45, 7) is 0.506. The Labute approximate surface area is 129 Å². The lowest BCUT2D eigenvalue weighted by molar-refractivity contribution is 0.102. The van der Waals surface area contributed by atoms with Crippen molar-refractivity contribution < 1.29 is 4.79 Å². The number of benzene rings is 1. The highest BCUT2D eigenvalue weighted by Crippen LogP contribution is 2.16. The number of nitrogens with zero attached hydrogens (tertiary/aromatic N) is 4.